The van der Waals surface area contributed by atoms with Gasteiger partial charge < -0.3 is 5.32 Å². The van der Waals surface area contributed by atoms with Crippen LogP contribution in [0.5, 0.6) is 0 Å². The summed E-state index contributed by atoms with van der Waals surface area (Å²) in [6.45, 7) is 8.19. The molecule has 0 aliphatic rings. The third-order valence-electron chi connectivity index (χ3n) is 3.14. The molecule has 0 bridgehead atoms. The highest BCUT2D eigenvalue weighted by Crippen LogP contribution is 2.13. The Hall–Kier alpha value is -2.01. The van der Waals surface area contributed by atoms with Crippen molar-refractivity contribution in [2.24, 2.45) is 5.92 Å². The van der Waals surface area contributed by atoms with Crippen molar-refractivity contribution in [2.75, 3.05) is 6.54 Å². The molecule has 0 amide bonds. The fourth-order valence-corrected chi connectivity index (χ4v) is 2.07. The maximum atomic E-state index is 12.3. The van der Waals surface area contributed by atoms with Crippen LogP contribution >= 0.6 is 0 Å². The standard InChI is InChI=1S/C16H22N4O/c1-4-20-16(21)13(11-17-10-12(2)3)9-15(19-20)14-7-5-6-8-18-14/h5-9,12,17H,4,10-11H2,1-3H3. The molecule has 0 unspecified atom stereocenters. The summed E-state index contributed by atoms with van der Waals surface area (Å²) in [6, 6.07) is 7.52. The molecule has 0 saturated carbocycles. The first-order valence-corrected chi connectivity index (χ1v) is 7.35. The van der Waals surface area contributed by atoms with Crippen LogP contribution in [0, 0.1) is 5.92 Å². The number of hydrogen-bond acceptors (Lipinski definition) is 4. The summed E-state index contributed by atoms with van der Waals surface area (Å²) < 4.78 is 1.50. The number of rotatable bonds is 6. The molecule has 2 rings (SSSR count). The lowest BCUT2D eigenvalue weighted by molar-refractivity contribution is 0.542. The summed E-state index contributed by atoms with van der Waals surface area (Å²) in [5, 5.41) is 7.69. The van der Waals surface area contributed by atoms with Crippen molar-refractivity contribution in [1.29, 1.82) is 0 Å². The summed E-state index contributed by atoms with van der Waals surface area (Å²) in [7, 11) is 0. The van der Waals surface area contributed by atoms with Gasteiger partial charge in [-0.3, -0.25) is 9.78 Å². The van der Waals surface area contributed by atoms with Crippen molar-refractivity contribution in [2.45, 2.75) is 33.9 Å². The Balaban J connectivity index is 2.33. The summed E-state index contributed by atoms with van der Waals surface area (Å²) in [5.41, 5.74) is 2.21. The third kappa shape index (κ3) is 3.98. The predicted molar refractivity (Wildman–Crippen MR) is 83.9 cm³/mol. The van der Waals surface area contributed by atoms with Crippen LogP contribution in [-0.4, -0.2) is 21.3 Å². The average Bonchev–Trinajstić information content (AvgIpc) is 2.49. The maximum absolute atomic E-state index is 12.3. The molecule has 5 nitrogen and oxygen atoms in total. The highest BCUT2D eigenvalue weighted by molar-refractivity contribution is 5.53. The highest BCUT2D eigenvalue weighted by atomic mass is 16.1. The van der Waals surface area contributed by atoms with Gasteiger partial charge in [-0.1, -0.05) is 19.9 Å². The van der Waals surface area contributed by atoms with Gasteiger partial charge in [-0.2, -0.15) is 5.10 Å². The van der Waals surface area contributed by atoms with Crippen LogP contribution in [0.1, 0.15) is 26.3 Å². The van der Waals surface area contributed by atoms with E-state index in [2.05, 4.69) is 29.2 Å². The van der Waals surface area contributed by atoms with Crippen LogP contribution < -0.4 is 10.9 Å². The molecular formula is C16H22N4O. The number of nitrogens with one attached hydrogen (secondary N) is 1. The van der Waals surface area contributed by atoms with E-state index >= 15 is 0 Å². The smallest absolute Gasteiger partial charge is 0.271 e. The lowest BCUT2D eigenvalue weighted by atomic mass is 10.2. The monoisotopic (exact) mass is 286 g/mol. The lowest BCUT2D eigenvalue weighted by Crippen LogP contribution is -2.30. The first kappa shape index (κ1) is 15.4. The van der Waals surface area contributed by atoms with Gasteiger partial charge in [0.05, 0.1) is 5.69 Å². The van der Waals surface area contributed by atoms with Gasteiger partial charge in [0.15, 0.2) is 0 Å². The van der Waals surface area contributed by atoms with E-state index in [4.69, 9.17) is 0 Å². The van der Waals surface area contributed by atoms with Crippen molar-refractivity contribution in [3.05, 3.63) is 46.4 Å². The molecule has 21 heavy (non-hydrogen) atoms. The van der Waals surface area contributed by atoms with Gasteiger partial charge in [-0.25, -0.2) is 4.68 Å². The molecule has 0 fully saturated rings. The topological polar surface area (TPSA) is 59.8 Å². The molecule has 0 radical (unpaired) electrons. The normalized spacial score (nSPS) is 11.0. The lowest BCUT2D eigenvalue weighted by Gasteiger charge is -2.10. The average molecular weight is 286 g/mol. The van der Waals surface area contributed by atoms with Crippen molar-refractivity contribution in [3.8, 4) is 11.4 Å². The van der Waals surface area contributed by atoms with E-state index < -0.39 is 0 Å². The van der Waals surface area contributed by atoms with Crippen LogP contribution in [-0.2, 0) is 13.1 Å². The molecule has 2 aromatic rings. The molecule has 2 heterocycles. The zero-order chi connectivity index (χ0) is 15.2. The third-order valence-corrected chi connectivity index (χ3v) is 3.14. The molecule has 0 spiro atoms. The van der Waals surface area contributed by atoms with E-state index in [0.29, 0.717) is 19.0 Å². The quantitative estimate of drug-likeness (QED) is 0.883. The van der Waals surface area contributed by atoms with Gasteiger partial charge in [0.25, 0.3) is 5.56 Å². The zero-order valence-corrected chi connectivity index (χ0v) is 12.8. The van der Waals surface area contributed by atoms with Crippen molar-refractivity contribution in [1.82, 2.24) is 20.1 Å². The Morgan fingerprint density at radius 1 is 1.29 bits per heavy atom. The SMILES string of the molecule is CCn1nc(-c2ccccn2)cc(CNCC(C)C)c1=O. The van der Waals surface area contributed by atoms with Crippen molar-refractivity contribution < 1.29 is 0 Å². The summed E-state index contributed by atoms with van der Waals surface area (Å²) in [6.07, 6.45) is 1.73. The minimum absolute atomic E-state index is 0.0339. The first-order chi connectivity index (χ1) is 10.1. The molecule has 0 aromatic carbocycles. The maximum Gasteiger partial charge on any atom is 0.271 e. The van der Waals surface area contributed by atoms with Crippen LogP contribution in [0.25, 0.3) is 11.4 Å². The highest BCUT2D eigenvalue weighted by Gasteiger charge is 2.09. The van der Waals surface area contributed by atoms with Gasteiger partial charge >= 0.3 is 0 Å². The molecule has 5 heteroatoms. The van der Waals surface area contributed by atoms with Crippen LogP contribution in [0.2, 0.25) is 0 Å². The number of hydrogen-bond donors (Lipinski definition) is 1. The van der Waals surface area contributed by atoms with E-state index in [1.165, 1.54) is 4.68 Å². The number of pyridine rings is 1. The molecule has 0 aliphatic carbocycles. The van der Waals surface area contributed by atoms with E-state index in [-0.39, 0.29) is 5.56 Å². The second kappa shape index (κ2) is 7.13. The van der Waals surface area contributed by atoms with Gasteiger partial charge in [-0.15, -0.1) is 0 Å². The van der Waals surface area contributed by atoms with E-state index in [9.17, 15) is 4.79 Å². The fourth-order valence-electron chi connectivity index (χ4n) is 2.07. The molecule has 0 saturated heterocycles. The molecule has 2 aromatic heterocycles. The largest absolute Gasteiger partial charge is 0.312 e. The number of nitrogens with zero attached hydrogens (tertiary/aromatic N) is 3. The minimum Gasteiger partial charge on any atom is -0.312 e. The Morgan fingerprint density at radius 3 is 2.71 bits per heavy atom. The predicted octanol–water partition coefficient (Wildman–Crippen LogP) is 2.07. The van der Waals surface area contributed by atoms with Crippen LogP contribution in [0.4, 0.5) is 0 Å². The zero-order valence-electron chi connectivity index (χ0n) is 12.8. The Kier molecular flexibility index (Phi) is 5.22. The van der Waals surface area contributed by atoms with Gasteiger partial charge in [0, 0.05) is 24.8 Å². The van der Waals surface area contributed by atoms with Crippen molar-refractivity contribution >= 4 is 0 Å². The number of aryl methyl sites for hydroxylation is 1. The van der Waals surface area contributed by atoms with Gasteiger partial charge in [-0.05, 0) is 37.6 Å². The van der Waals surface area contributed by atoms with Gasteiger partial charge in [0.1, 0.15) is 5.69 Å². The second-order valence-corrected chi connectivity index (χ2v) is 5.42. The molecule has 0 atom stereocenters. The van der Waals surface area contributed by atoms with Gasteiger partial charge in [0.2, 0.25) is 0 Å². The first-order valence-electron chi connectivity index (χ1n) is 7.35. The summed E-state index contributed by atoms with van der Waals surface area (Å²) >= 11 is 0. The second-order valence-electron chi connectivity index (χ2n) is 5.42. The fraction of sp³-hybridized carbons (Fsp3) is 0.438. The summed E-state index contributed by atoms with van der Waals surface area (Å²) in [5.74, 6) is 0.551. The van der Waals surface area contributed by atoms with Crippen LogP contribution in [0.3, 0.4) is 0 Å². The molecule has 1 N–H and O–H groups in total. The number of aromatic nitrogens is 3. The molecule has 0 aliphatic heterocycles. The summed E-state index contributed by atoms with van der Waals surface area (Å²) in [4.78, 5) is 16.6. The van der Waals surface area contributed by atoms with E-state index in [1.807, 2.05) is 31.2 Å². The van der Waals surface area contributed by atoms with E-state index in [0.717, 1.165) is 23.5 Å². The Morgan fingerprint density at radius 2 is 2.10 bits per heavy atom. The molecular weight excluding hydrogens is 264 g/mol. The Bertz CT molecular complexity index is 634. The van der Waals surface area contributed by atoms with Crippen molar-refractivity contribution in [3.63, 3.8) is 0 Å². The van der Waals surface area contributed by atoms with E-state index in [1.54, 1.807) is 6.20 Å². The van der Waals surface area contributed by atoms with Crippen LogP contribution in [0.15, 0.2) is 35.3 Å². The molecule has 112 valence electrons. The Labute approximate surface area is 125 Å². The minimum atomic E-state index is -0.0339.